The molecule has 1 unspecified atom stereocenters. The Morgan fingerprint density at radius 1 is 1.50 bits per heavy atom. The molecule has 2 amide bonds. The normalized spacial score (nSPS) is 19.2. The second-order valence-corrected chi connectivity index (χ2v) is 5.14. The van der Waals surface area contributed by atoms with Crippen LogP contribution in [0.25, 0.3) is 0 Å². The lowest BCUT2D eigenvalue weighted by molar-refractivity contribution is -0.173. The van der Waals surface area contributed by atoms with Crippen molar-refractivity contribution in [3.05, 3.63) is 18.0 Å². The van der Waals surface area contributed by atoms with Crippen molar-refractivity contribution >= 4 is 6.03 Å². The number of hydrogen-bond donors (Lipinski definition) is 2. The summed E-state index contributed by atoms with van der Waals surface area (Å²) in [6.45, 7) is -0.811. The smallest absolute Gasteiger partial charge is 0.370 e. The molecule has 0 aromatic carbocycles. The van der Waals surface area contributed by atoms with E-state index in [1.165, 1.54) is 0 Å². The van der Waals surface area contributed by atoms with Crippen molar-refractivity contribution in [2.75, 3.05) is 26.3 Å². The average molecular weight is 320 g/mol. The Morgan fingerprint density at radius 2 is 2.32 bits per heavy atom. The highest BCUT2D eigenvalue weighted by molar-refractivity contribution is 5.74. The maximum absolute atomic E-state index is 12.2. The van der Waals surface area contributed by atoms with Gasteiger partial charge in [0.25, 0.3) is 0 Å². The maximum Gasteiger partial charge on any atom is 0.411 e. The third kappa shape index (κ3) is 4.90. The van der Waals surface area contributed by atoms with Gasteiger partial charge in [0.1, 0.15) is 6.61 Å². The summed E-state index contributed by atoms with van der Waals surface area (Å²) in [5.74, 6) is 0. The predicted molar refractivity (Wildman–Crippen MR) is 72.2 cm³/mol. The molecule has 1 saturated heterocycles. The molecule has 1 aromatic heterocycles. The molecule has 0 bridgehead atoms. The van der Waals surface area contributed by atoms with Crippen molar-refractivity contribution in [1.29, 1.82) is 0 Å². The molecule has 2 N–H and O–H groups in total. The van der Waals surface area contributed by atoms with Gasteiger partial charge in [-0.3, -0.25) is 5.10 Å². The van der Waals surface area contributed by atoms with Crippen LogP contribution in [0.5, 0.6) is 0 Å². The van der Waals surface area contributed by atoms with Crippen LogP contribution < -0.4 is 5.32 Å². The van der Waals surface area contributed by atoms with E-state index in [4.69, 9.17) is 0 Å². The van der Waals surface area contributed by atoms with Gasteiger partial charge >= 0.3 is 12.2 Å². The van der Waals surface area contributed by atoms with Gasteiger partial charge in [-0.2, -0.15) is 18.3 Å². The molecule has 0 saturated carbocycles. The van der Waals surface area contributed by atoms with E-state index >= 15 is 0 Å². The Balaban J connectivity index is 1.78. The molecule has 1 fully saturated rings. The zero-order chi connectivity index (χ0) is 16.0. The summed E-state index contributed by atoms with van der Waals surface area (Å²) in [7, 11) is 0. The number of urea groups is 1. The van der Waals surface area contributed by atoms with Crippen LogP contribution in [-0.2, 0) is 4.74 Å². The number of hydrogen-bond acceptors (Lipinski definition) is 3. The fourth-order valence-corrected chi connectivity index (χ4v) is 2.48. The molecule has 0 spiro atoms. The monoisotopic (exact) mass is 320 g/mol. The second kappa shape index (κ2) is 7.48. The Labute approximate surface area is 126 Å². The number of halogens is 3. The molecule has 124 valence electrons. The molecule has 1 atom stereocenters. The maximum atomic E-state index is 12.2. The Morgan fingerprint density at radius 3 is 3.00 bits per heavy atom. The lowest BCUT2D eigenvalue weighted by Gasteiger charge is -2.35. The molecular weight excluding hydrogens is 301 g/mol. The number of likely N-dealkylation sites (tertiary alicyclic amines) is 1. The van der Waals surface area contributed by atoms with E-state index in [1.807, 2.05) is 0 Å². The Bertz CT molecular complexity index is 464. The highest BCUT2D eigenvalue weighted by Crippen LogP contribution is 2.30. The first-order valence-corrected chi connectivity index (χ1v) is 7.15. The van der Waals surface area contributed by atoms with Gasteiger partial charge in [0.15, 0.2) is 0 Å². The summed E-state index contributed by atoms with van der Waals surface area (Å²) < 4.78 is 40.2. The summed E-state index contributed by atoms with van der Waals surface area (Å²) in [6, 6.07) is -0.342. The molecule has 1 aliphatic heterocycles. The van der Waals surface area contributed by atoms with E-state index in [0.29, 0.717) is 6.54 Å². The van der Waals surface area contributed by atoms with Crippen molar-refractivity contribution in [1.82, 2.24) is 20.4 Å². The molecule has 0 radical (unpaired) electrons. The third-order valence-electron chi connectivity index (χ3n) is 3.46. The minimum absolute atomic E-state index is 0.0452. The number of piperidine rings is 1. The summed E-state index contributed by atoms with van der Waals surface area (Å²) in [4.78, 5) is 13.9. The number of aromatic amines is 1. The standard InChI is InChI=1S/C13H19F3N4O2/c14-13(15,16)9-22-6-4-17-12(21)20-5-2-1-3-11(20)10-7-18-19-8-10/h7-8,11H,1-6,9H2,(H,17,21)(H,18,19). The first-order chi connectivity index (χ1) is 10.5. The van der Waals surface area contributed by atoms with E-state index in [-0.39, 0.29) is 25.2 Å². The van der Waals surface area contributed by atoms with Gasteiger partial charge in [-0.25, -0.2) is 4.79 Å². The molecule has 9 heteroatoms. The number of aromatic nitrogens is 2. The molecule has 1 aromatic rings. The molecule has 2 heterocycles. The van der Waals surface area contributed by atoms with E-state index in [1.54, 1.807) is 17.3 Å². The molecule has 22 heavy (non-hydrogen) atoms. The van der Waals surface area contributed by atoms with Gasteiger partial charge in [-0.1, -0.05) is 0 Å². The highest BCUT2D eigenvalue weighted by atomic mass is 19.4. The number of amides is 2. The van der Waals surface area contributed by atoms with E-state index in [9.17, 15) is 18.0 Å². The van der Waals surface area contributed by atoms with Crippen LogP contribution in [0.15, 0.2) is 12.4 Å². The number of rotatable bonds is 5. The number of alkyl halides is 3. The zero-order valence-corrected chi connectivity index (χ0v) is 12.0. The van der Waals surface area contributed by atoms with Crippen LogP contribution in [0.2, 0.25) is 0 Å². The molecule has 1 aliphatic rings. The van der Waals surface area contributed by atoms with Crippen LogP contribution in [-0.4, -0.2) is 53.6 Å². The predicted octanol–water partition coefficient (Wildman–Crippen LogP) is 2.23. The molecule has 2 rings (SSSR count). The number of carbonyl (C=O) groups excluding carboxylic acids is 1. The van der Waals surface area contributed by atoms with Crippen molar-refractivity contribution in [3.63, 3.8) is 0 Å². The van der Waals surface area contributed by atoms with Crippen LogP contribution in [0, 0.1) is 0 Å². The minimum atomic E-state index is -4.34. The van der Waals surface area contributed by atoms with E-state index in [0.717, 1.165) is 24.8 Å². The molecule has 0 aliphatic carbocycles. The number of carbonyl (C=O) groups is 1. The number of nitrogens with zero attached hydrogens (tertiary/aromatic N) is 2. The average Bonchev–Trinajstić information content (AvgIpc) is 2.99. The van der Waals surface area contributed by atoms with E-state index < -0.39 is 12.8 Å². The number of nitrogens with one attached hydrogen (secondary N) is 2. The Kier molecular flexibility index (Phi) is 5.64. The van der Waals surface area contributed by atoms with Gasteiger partial charge in [0, 0.05) is 24.8 Å². The van der Waals surface area contributed by atoms with Crippen molar-refractivity contribution < 1.29 is 22.7 Å². The Hall–Kier alpha value is -1.77. The number of H-pyrrole nitrogens is 1. The first kappa shape index (κ1) is 16.6. The SMILES string of the molecule is O=C(NCCOCC(F)(F)F)N1CCCCC1c1cn[nH]c1. The number of ether oxygens (including phenoxy) is 1. The third-order valence-corrected chi connectivity index (χ3v) is 3.46. The fraction of sp³-hybridized carbons (Fsp3) is 0.692. The second-order valence-electron chi connectivity index (χ2n) is 5.14. The van der Waals surface area contributed by atoms with Crippen molar-refractivity contribution in [2.24, 2.45) is 0 Å². The highest BCUT2D eigenvalue weighted by Gasteiger charge is 2.29. The van der Waals surface area contributed by atoms with Gasteiger partial charge in [0.2, 0.25) is 0 Å². The quantitative estimate of drug-likeness (QED) is 0.817. The van der Waals surface area contributed by atoms with Gasteiger partial charge < -0.3 is 15.0 Å². The summed E-state index contributed by atoms with van der Waals surface area (Å²) >= 11 is 0. The topological polar surface area (TPSA) is 70.2 Å². The first-order valence-electron chi connectivity index (χ1n) is 7.15. The van der Waals surface area contributed by atoms with Crippen LogP contribution in [0.4, 0.5) is 18.0 Å². The van der Waals surface area contributed by atoms with Gasteiger partial charge in [-0.05, 0) is 19.3 Å². The zero-order valence-electron chi connectivity index (χ0n) is 12.0. The van der Waals surface area contributed by atoms with Crippen molar-refractivity contribution in [2.45, 2.75) is 31.5 Å². The van der Waals surface area contributed by atoms with E-state index in [2.05, 4.69) is 20.3 Å². The lowest BCUT2D eigenvalue weighted by atomic mass is 9.98. The largest absolute Gasteiger partial charge is 0.411 e. The van der Waals surface area contributed by atoms with Gasteiger partial charge in [-0.15, -0.1) is 0 Å². The van der Waals surface area contributed by atoms with Gasteiger partial charge in [0.05, 0.1) is 18.8 Å². The molecular formula is C13H19F3N4O2. The fourth-order valence-electron chi connectivity index (χ4n) is 2.48. The summed E-state index contributed by atoms with van der Waals surface area (Å²) in [5.41, 5.74) is 0.933. The minimum Gasteiger partial charge on any atom is -0.370 e. The lowest BCUT2D eigenvalue weighted by Crippen LogP contribution is -2.45. The van der Waals surface area contributed by atoms with Crippen molar-refractivity contribution in [3.8, 4) is 0 Å². The van der Waals surface area contributed by atoms with Crippen LogP contribution >= 0.6 is 0 Å². The summed E-state index contributed by atoms with van der Waals surface area (Å²) in [5, 5.41) is 9.21. The summed E-state index contributed by atoms with van der Waals surface area (Å²) in [6.07, 6.45) is 1.87. The molecule has 6 nitrogen and oxygen atoms in total. The van der Waals surface area contributed by atoms with Crippen LogP contribution in [0.1, 0.15) is 30.9 Å². The van der Waals surface area contributed by atoms with Crippen LogP contribution in [0.3, 0.4) is 0 Å².